The summed E-state index contributed by atoms with van der Waals surface area (Å²) in [5.74, 6) is 0.425. The summed E-state index contributed by atoms with van der Waals surface area (Å²) < 4.78 is 28.3. The van der Waals surface area contributed by atoms with Crippen molar-refractivity contribution in [3.05, 3.63) is 89.3 Å². The van der Waals surface area contributed by atoms with Crippen LogP contribution in [0.4, 0.5) is 0 Å². The zero-order chi connectivity index (χ0) is 28.4. The maximum atomic E-state index is 13.9. The summed E-state index contributed by atoms with van der Waals surface area (Å²) in [6.07, 6.45) is 2.37. The molecule has 1 amide bonds. The molecule has 1 unspecified atom stereocenters. The number of benzene rings is 2. The van der Waals surface area contributed by atoms with Gasteiger partial charge >= 0.3 is 0 Å². The first-order valence-corrected chi connectivity index (χ1v) is 13.0. The van der Waals surface area contributed by atoms with Crippen molar-refractivity contribution in [3.8, 4) is 17.2 Å². The molecule has 0 aliphatic carbocycles. The molecule has 0 saturated carbocycles. The van der Waals surface area contributed by atoms with Gasteiger partial charge in [0.1, 0.15) is 5.76 Å². The third-order valence-corrected chi connectivity index (χ3v) is 6.86. The van der Waals surface area contributed by atoms with Gasteiger partial charge in [0.25, 0.3) is 5.91 Å². The molecular weight excluding hydrogens is 514 g/mol. The van der Waals surface area contributed by atoms with E-state index in [0.29, 0.717) is 52.1 Å². The fourth-order valence-electron chi connectivity index (χ4n) is 4.79. The van der Waals surface area contributed by atoms with Crippen LogP contribution in [0.25, 0.3) is 11.0 Å². The van der Waals surface area contributed by atoms with Crippen LogP contribution in [0.5, 0.6) is 17.2 Å². The van der Waals surface area contributed by atoms with Gasteiger partial charge in [0.05, 0.1) is 45.2 Å². The van der Waals surface area contributed by atoms with Gasteiger partial charge in [-0.3, -0.25) is 9.59 Å². The Hall–Kier alpha value is -4.66. The minimum absolute atomic E-state index is 0.0280. The maximum absolute atomic E-state index is 13.9. The molecule has 2 aromatic heterocycles. The number of furan rings is 2. The summed E-state index contributed by atoms with van der Waals surface area (Å²) in [5, 5.41) is 11.7. The number of methoxy groups -OCH3 is 2. The number of hydrogen-bond acceptors (Lipinski definition) is 8. The standard InChI is InChI=1S/C31H31NO8/c1-18(2)12-14-39-22-11-10-19(15-24(22)37-4)27-26(29(34)31(35)32(27)17-21-8-6-13-38-21)28(33)25-16-20-7-5-9-23(36-3)30(20)40-25/h5-11,13,15-16,18,27,34H,12,14,17H2,1-4H3. The summed E-state index contributed by atoms with van der Waals surface area (Å²) in [5.41, 5.74) is 0.838. The van der Waals surface area contributed by atoms with Crippen molar-refractivity contribution in [2.75, 3.05) is 20.8 Å². The molecule has 5 rings (SSSR count). The summed E-state index contributed by atoms with van der Waals surface area (Å²) in [4.78, 5) is 28.7. The Bertz CT molecular complexity index is 1560. The maximum Gasteiger partial charge on any atom is 0.290 e. The van der Waals surface area contributed by atoms with Crippen molar-refractivity contribution >= 4 is 22.7 Å². The van der Waals surface area contributed by atoms with Crippen LogP contribution in [0, 0.1) is 5.92 Å². The zero-order valence-corrected chi connectivity index (χ0v) is 22.8. The topological polar surface area (TPSA) is 112 Å². The normalized spacial score (nSPS) is 15.4. The van der Waals surface area contributed by atoms with Gasteiger partial charge in [-0.1, -0.05) is 32.0 Å². The number of nitrogens with zero attached hydrogens (tertiary/aromatic N) is 1. The van der Waals surface area contributed by atoms with Crippen molar-refractivity contribution in [2.24, 2.45) is 5.92 Å². The van der Waals surface area contributed by atoms with Gasteiger partial charge in [-0.05, 0) is 54.3 Å². The number of para-hydroxylation sites is 1. The van der Waals surface area contributed by atoms with Gasteiger partial charge in [0.2, 0.25) is 5.78 Å². The van der Waals surface area contributed by atoms with E-state index in [1.165, 1.54) is 25.4 Å². The molecule has 0 radical (unpaired) electrons. The first-order chi connectivity index (χ1) is 19.3. The van der Waals surface area contributed by atoms with Crippen molar-refractivity contribution in [3.63, 3.8) is 0 Å². The first kappa shape index (κ1) is 26.9. The van der Waals surface area contributed by atoms with E-state index in [0.717, 1.165) is 6.42 Å². The minimum Gasteiger partial charge on any atom is -0.503 e. The minimum atomic E-state index is -0.946. The Kier molecular flexibility index (Phi) is 7.55. The lowest BCUT2D eigenvalue weighted by Crippen LogP contribution is -2.30. The molecule has 0 spiro atoms. The lowest BCUT2D eigenvalue weighted by molar-refractivity contribution is -0.130. The predicted molar refractivity (Wildman–Crippen MR) is 147 cm³/mol. The number of Topliss-reactive ketones (excluding diaryl/α,β-unsaturated/α-hetero) is 1. The molecule has 40 heavy (non-hydrogen) atoms. The first-order valence-electron chi connectivity index (χ1n) is 13.0. The van der Waals surface area contributed by atoms with Crippen LogP contribution in [0.15, 0.2) is 81.0 Å². The molecule has 0 fully saturated rings. The average molecular weight is 546 g/mol. The Labute approximate surface area is 231 Å². The third-order valence-electron chi connectivity index (χ3n) is 6.86. The van der Waals surface area contributed by atoms with Crippen LogP contribution in [0.1, 0.15) is 48.2 Å². The molecule has 0 bridgehead atoms. The van der Waals surface area contributed by atoms with Gasteiger partial charge < -0.3 is 33.1 Å². The van der Waals surface area contributed by atoms with Crippen molar-refractivity contribution in [1.29, 1.82) is 0 Å². The van der Waals surface area contributed by atoms with Gasteiger partial charge in [-0.25, -0.2) is 0 Å². The molecule has 1 atom stereocenters. The smallest absolute Gasteiger partial charge is 0.290 e. The quantitative estimate of drug-likeness (QED) is 0.220. The van der Waals surface area contributed by atoms with Crippen LogP contribution >= 0.6 is 0 Å². The van der Waals surface area contributed by atoms with E-state index < -0.39 is 23.5 Å². The van der Waals surface area contributed by atoms with Gasteiger partial charge in [-0.2, -0.15) is 0 Å². The summed E-state index contributed by atoms with van der Waals surface area (Å²) in [6, 6.07) is 14.6. The van der Waals surface area contributed by atoms with E-state index in [-0.39, 0.29) is 17.9 Å². The molecule has 1 aliphatic heterocycles. The number of aliphatic hydroxyl groups is 1. The molecule has 4 aromatic rings. The van der Waals surface area contributed by atoms with E-state index in [1.807, 2.05) is 0 Å². The molecule has 1 aliphatic rings. The van der Waals surface area contributed by atoms with E-state index in [1.54, 1.807) is 54.6 Å². The van der Waals surface area contributed by atoms with Gasteiger partial charge in [-0.15, -0.1) is 0 Å². The predicted octanol–water partition coefficient (Wildman–Crippen LogP) is 6.25. The van der Waals surface area contributed by atoms with Crippen molar-refractivity contribution < 1.29 is 37.7 Å². The number of ether oxygens (including phenoxy) is 3. The molecule has 3 heterocycles. The Morgan fingerprint density at radius 3 is 2.52 bits per heavy atom. The van der Waals surface area contributed by atoms with E-state index in [9.17, 15) is 14.7 Å². The van der Waals surface area contributed by atoms with E-state index in [2.05, 4.69) is 13.8 Å². The number of aliphatic hydroxyl groups excluding tert-OH is 1. The van der Waals surface area contributed by atoms with Crippen LogP contribution in [0.3, 0.4) is 0 Å². The van der Waals surface area contributed by atoms with Gasteiger partial charge in [0.15, 0.2) is 34.4 Å². The number of ketones is 1. The molecule has 9 heteroatoms. The second kappa shape index (κ2) is 11.2. The molecular formula is C31H31NO8. The largest absolute Gasteiger partial charge is 0.503 e. The lowest BCUT2D eigenvalue weighted by Gasteiger charge is -2.26. The highest BCUT2D eigenvalue weighted by atomic mass is 16.5. The number of hydrogen-bond donors (Lipinski definition) is 1. The summed E-state index contributed by atoms with van der Waals surface area (Å²) >= 11 is 0. The highest BCUT2D eigenvalue weighted by molar-refractivity contribution is 6.16. The van der Waals surface area contributed by atoms with Crippen molar-refractivity contribution in [1.82, 2.24) is 4.90 Å². The number of carbonyl (C=O) groups is 2. The Morgan fingerprint density at radius 2 is 1.82 bits per heavy atom. The highest BCUT2D eigenvalue weighted by Gasteiger charge is 2.45. The fraction of sp³-hybridized carbons (Fsp3) is 0.290. The number of fused-ring (bicyclic) bond motifs is 1. The molecule has 208 valence electrons. The molecule has 9 nitrogen and oxygen atoms in total. The summed E-state index contributed by atoms with van der Waals surface area (Å²) in [6.45, 7) is 4.77. The zero-order valence-electron chi connectivity index (χ0n) is 22.8. The van der Waals surface area contributed by atoms with Crippen LogP contribution < -0.4 is 14.2 Å². The number of carbonyl (C=O) groups excluding carboxylic acids is 2. The average Bonchev–Trinajstić information content (AvgIpc) is 3.68. The van der Waals surface area contributed by atoms with Crippen LogP contribution in [-0.4, -0.2) is 42.5 Å². The Morgan fingerprint density at radius 1 is 1.02 bits per heavy atom. The molecule has 0 saturated heterocycles. The SMILES string of the molecule is COc1cc(C2C(C(=O)c3cc4cccc(OC)c4o3)=C(O)C(=O)N2Cc2ccco2)ccc1OCCC(C)C. The second-order valence-electron chi connectivity index (χ2n) is 9.94. The van der Waals surface area contributed by atoms with Gasteiger partial charge in [0, 0.05) is 5.39 Å². The third kappa shape index (κ3) is 5.02. The molecule has 2 aromatic carbocycles. The second-order valence-corrected chi connectivity index (χ2v) is 9.94. The van der Waals surface area contributed by atoms with Crippen molar-refractivity contribution in [2.45, 2.75) is 32.9 Å². The van der Waals surface area contributed by atoms with Crippen LogP contribution in [-0.2, 0) is 11.3 Å². The van der Waals surface area contributed by atoms with Crippen LogP contribution in [0.2, 0.25) is 0 Å². The Balaban J connectivity index is 1.57. The monoisotopic (exact) mass is 545 g/mol. The number of amides is 1. The number of rotatable bonds is 11. The lowest BCUT2D eigenvalue weighted by atomic mass is 9.94. The highest BCUT2D eigenvalue weighted by Crippen LogP contribution is 2.43. The van der Waals surface area contributed by atoms with E-state index >= 15 is 0 Å². The van der Waals surface area contributed by atoms with E-state index in [4.69, 9.17) is 23.0 Å². The molecule has 1 N–H and O–H groups in total. The summed E-state index contributed by atoms with van der Waals surface area (Å²) in [7, 11) is 3.03. The fourth-order valence-corrected chi connectivity index (χ4v) is 4.79.